The molecule has 0 bridgehead atoms. The van der Waals surface area contributed by atoms with Crippen LogP contribution in [-0.4, -0.2) is 20.5 Å². The van der Waals surface area contributed by atoms with E-state index in [9.17, 15) is 9.59 Å². The predicted molar refractivity (Wildman–Crippen MR) is 79.7 cm³/mol. The Morgan fingerprint density at radius 2 is 2.23 bits per heavy atom. The summed E-state index contributed by atoms with van der Waals surface area (Å²) >= 11 is 0. The molecule has 7 nitrogen and oxygen atoms in total. The van der Waals surface area contributed by atoms with E-state index in [-0.39, 0.29) is 16.8 Å². The van der Waals surface area contributed by atoms with Crippen LogP contribution in [0.15, 0.2) is 41.3 Å². The molecule has 0 fully saturated rings. The van der Waals surface area contributed by atoms with Crippen molar-refractivity contribution in [1.82, 2.24) is 14.6 Å². The molecule has 0 saturated carbocycles. The van der Waals surface area contributed by atoms with Gasteiger partial charge in [0.2, 0.25) is 0 Å². The third-order valence-corrected chi connectivity index (χ3v) is 3.12. The largest absolute Gasteiger partial charge is 0.322 e. The van der Waals surface area contributed by atoms with E-state index in [0.29, 0.717) is 16.9 Å². The van der Waals surface area contributed by atoms with Crippen molar-refractivity contribution in [3.63, 3.8) is 0 Å². The fourth-order valence-electron chi connectivity index (χ4n) is 2.13. The van der Waals surface area contributed by atoms with Crippen molar-refractivity contribution in [3.05, 3.63) is 63.7 Å². The molecule has 0 aliphatic rings. The first-order valence-corrected chi connectivity index (χ1v) is 6.48. The van der Waals surface area contributed by atoms with Crippen LogP contribution in [0, 0.1) is 18.3 Å². The van der Waals surface area contributed by atoms with Crippen LogP contribution in [0.25, 0.3) is 5.65 Å². The lowest BCUT2D eigenvalue weighted by molar-refractivity contribution is 0.102. The molecule has 1 aromatic carbocycles. The second-order valence-electron chi connectivity index (χ2n) is 4.73. The number of aromatic amines is 1. The molecule has 0 saturated heterocycles. The Morgan fingerprint density at radius 3 is 3.00 bits per heavy atom. The Hall–Kier alpha value is -3.40. The van der Waals surface area contributed by atoms with E-state index in [4.69, 9.17) is 5.26 Å². The molecule has 2 N–H and O–H groups in total. The molecule has 2 aromatic heterocycles. The number of hydrogen-bond donors (Lipinski definition) is 2. The van der Waals surface area contributed by atoms with E-state index in [1.165, 1.54) is 16.8 Å². The van der Waals surface area contributed by atoms with Gasteiger partial charge in [-0.15, -0.1) is 0 Å². The van der Waals surface area contributed by atoms with Gasteiger partial charge in [0.25, 0.3) is 11.5 Å². The highest BCUT2D eigenvalue weighted by Gasteiger charge is 2.15. The van der Waals surface area contributed by atoms with Gasteiger partial charge in [-0.05, 0) is 25.1 Å². The van der Waals surface area contributed by atoms with Gasteiger partial charge in [0, 0.05) is 23.6 Å². The Bertz CT molecular complexity index is 977. The summed E-state index contributed by atoms with van der Waals surface area (Å²) in [5, 5.41) is 14.3. The normalized spacial score (nSPS) is 10.4. The third-order valence-electron chi connectivity index (χ3n) is 3.12. The van der Waals surface area contributed by atoms with Crippen molar-refractivity contribution in [2.75, 3.05) is 5.32 Å². The zero-order chi connectivity index (χ0) is 15.7. The lowest BCUT2D eigenvalue weighted by atomic mass is 10.2. The van der Waals surface area contributed by atoms with Gasteiger partial charge in [0.05, 0.1) is 11.6 Å². The summed E-state index contributed by atoms with van der Waals surface area (Å²) in [5.41, 5.74) is 1.71. The number of fused-ring (bicyclic) bond motifs is 1. The minimum absolute atomic E-state index is 0.253. The monoisotopic (exact) mass is 293 g/mol. The molecule has 0 unspecified atom stereocenters. The summed E-state index contributed by atoms with van der Waals surface area (Å²) in [4.78, 5) is 28.4. The van der Waals surface area contributed by atoms with Crippen molar-refractivity contribution in [1.29, 1.82) is 5.26 Å². The molecule has 0 radical (unpaired) electrons. The number of anilines is 1. The fraction of sp³-hybridized carbons (Fsp3) is 0.0667. The lowest BCUT2D eigenvalue weighted by Crippen LogP contribution is -2.17. The molecule has 0 spiro atoms. The zero-order valence-electron chi connectivity index (χ0n) is 11.6. The maximum Gasteiger partial charge on any atom is 0.272 e. The molecule has 108 valence electrons. The van der Waals surface area contributed by atoms with E-state index in [1.54, 1.807) is 31.2 Å². The van der Waals surface area contributed by atoms with Crippen molar-refractivity contribution >= 4 is 17.2 Å². The Kier molecular flexibility index (Phi) is 3.20. The summed E-state index contributed by atoms with van der Waals surface area (Å²) < 4.78 is 1.20. The summed E-state index contributed by atoms with van der Waals surface area (Å²) in [6.45, 7) is 1.69. The summed E-state index contributed by atoms with van der Waals surface area (Å²) in [6, 6.07) is 9.95. The van der Waals surface area contributed by atoms with Gasteiger partial charge in [-0.2, -0.15) is 5.26 Å². The molecular formula is C15H11N5O2. The molecular weight excluding hydrogens is 282 g/mol. The first-order valence-electron chi connectivity index (χ1n) is 6.48. The van der Waals surface area contributed by atoms with Crippen molar-refractivity contribution < 1.29 is 4.79 Å². The third kappa shape index (κ3) is 2.33. The Morgan fingerprint density at radius 1 is 1.41 bits per heavy atom. The maximum atomic E-state index is 12.3. The van der Waals surface area contributed by atoms with Crippen LogP contribution in [-0.2, 0) is 0 Å². The molecule has 3 rings (SSSR count). The number of nitriles is 1. The molecule has 0 atom stereocenters. The van der Waals surface area contributed by atoms with Gasteiger partial charge >= 0.3 is 0 Å². The molecule has 22 heavy (non-hydrogen) atoms. The van der Waals surface area contributed by atoms with Crippen LogP contribution in [0.3, 0.4) is 0 Å². The van der Waals surface area contributed by atoms with Crippen molar-refractivity contribution in [3.8, 4) is 6.07 Å². The summed E-state index contributed by atoms with van der Waals surface area (Å²) in [6.07, 6.45) is 1.42. The maximum absolute atomic E-state index is 12.3. The van der Waals surface area contributed by atoms with Gasteiger partial charge in [0.15, 0.2) is 5.65 Å². The van der Waals surface area contributed by atoms with Crippen LogP contribution in [0.2, 0.25) is 0 Å². The number of rotatable bonds is 2. The van der Waals surface area contributed by atoms with Gasteiger partial charge in [-0.3, -0.25) is 14.7 Å². The molecule has 2 heterocycles. The number of carbonyl (C=O) groups is 1. The minimum atomic E-state index is -0.411. The molecule has 1 amide bonds. The Labute approximate surface area is 124 Å². The molecule has 3 aromatic rings. The number of carbonyl (C=O) groups excluding carboxylic acids is 1. The smallest absolute Gasteiger partial charge is 0.272 e. The number of hydrogen-bond acceptors (Lipinski definition) is 4. The van der Waals surface area contributed by atoms with Gasteiger partial charge in [0.1, 0.15) is 5.56 Å². The van der Waals surface area contributed by atoms with Crippen LogP contribution in [0.5, 0.6) is 0 Å². The van der Waals surface area contributed by atoms with Crippen LogP contribution < -0.4 is 10.9 Å². The van der Waals surface area contributed by atoms with Crippen molar-refractivity contribution in [2.45, 2.75) is 6.92 Å². The van der Waals surface area contributed by atoms with Gasteiger partial charge in [-0.25, -0.2) is 9.50 Å². The number of amides is 1. The topological polar surface area (TPSA) is 103 Å². The second kappa shape index (κ2) is 5.18. The number of H-pyrrole nitrogens is 1. The van der Waals surface area contributed by atoms with Crippen LogP contribution in [0.1, 0.15) is 21.6 Å². The first kappa shape index (κ1) is 13.6. The first-order chi connectivity index (χ1) is 10.6. The van der Waals surface area contributed by atoms with Crippen LogP contribution >= 0.6 is 0 Å². The van der Waals surface area contributed by atoms with E-state index in [2.05, 4.69) is 15.4 Å². The minimum Gasteiger partial charge on any atom is -0.322 e. The average Bonchev–Trinajstić information content (AvgIpc) is 2.91. The molecule has 7 heteroatoms. The average molecular weight is 293 g/mol. The van der Waals surface area contributed by atoms with E-state index in [1.807, 2.05) is 6.07 Å². The SMILES string of the molecule is Cc1cc(=O)n2[nH]cc(C(=O)Nc3cccc(C#N)c3)c2n1. The quantitative estimate of drug-likeness (QED) is 0.746. The van der Waals surface area contributed by atoms with Gasteiger partial charge < -0.3 is 5.32 Å². The highest BCUT2D eigenvalue weighted by molar-refractivity contribution is 6.08. The van der Waals surface area contributed by atoms with Gasteiger partial charge in [-0.1, -0.05) is 6.07 Å². The highest BCUT2D eigenvalue weighted by atomic mass is 16.2. The van der Waals surface area contributed by atoms with E-state index < -0.39 is 5.91 Å². The molecule has 0 aliphatic carbocycles. The lowest BCUT2D eigenvalue weighted by Gasteiger charge is -2.04. The number of aromatic nitrogens is 3. The summed E-state index contributed by atoms with van der Waals surface area (Å²) in [7, 11) is 0. The fourth-order valence-corrected chi connectivity index (χ4v) is 2.13. The Balaban J connectivity index is 1.99. The predicted octanol–water partition coefficient (Wildman–Crippen LogP) is 1.45. The number of nitrogens with one attached hydrogen (secondary N) is 2. The standard InChI is InChI=1S/C15H11N5O2/c1-9-5-13(21)20-14(18-9)12(8-17-20)15(22)19-11-4-2-3-10(6-11)7-16/h2-6,8,17H,1H3,(H,19,22). The van der Waals surface area contributed by atoms with Crippen LogP contribution in [0.4, 0.5) is 5.69 Å². The highest BCUT2D eigenvalue weighted by Crippen LogP contribution is 2.13. The van der Waals surface area contributed by atoms with E-state index >= 15 is 0 Å². The molecule has 0 aliphatic heterocycles. The number of benzene rings is 1. The van der Waals surface area contributed by atoms with E-state index in [0.717, 1.165) is 0 Å². The zero-order valence-corrected chi connectivity index (χ0v) is 11.6. The summed E-state index contributed by atoms with van der Waals surface area (Å²) in [5.74, 6) is -0.411. The van der Waals surface area contributed by atoms with Crippen molar-refractivity contribution in [2.24, 2.45) is 0 Å². The number of nitrogens with zero attached hydrogens (tertiary/aromatic N) is 3. The number of aryl methyl sites for hydroxylation is 1. The second-order valence-corrected chi connectivity index (χ2v) is 4.73.